The fraction of sp³-hybridized carbons (Fsp3) is 0.200. The molecule has 0 aliphatic rings. The molecule has 2 aromatic rings. The summed E-state index contributed by atoms with van der Waals surface area (Å²) >= 11 is 0. The van der Waals surface area contributed by atoms with Crippen LogP contribution >= 0.6 is 0 Å². The fourth-order valence-electron chi connectivity index (χ4n) is 1.65. The molecule has 0 heterocycles. The standard InChI is InChI=1S/C15H16O2/c16-14-10-8-13(9-11-14)5-4-12-17-15-6-2-1-3-7-15/h1-3,6-11,16H,4-5,12H2. The van der Waals surface area contributed by atoms with E-state index >= 15 is 0 Å². The number of hydrogen-bond donors (Lipinski definition) is 1. The summed E-state index contributed by atoms with van der Waals surface area (Å²) in [6, 6.07) is 17.1. The van der Waals surface area contributed by atoms with Crippen LogP contribution in [0.1, 0.15) is 12.0 Å². The van der Waals surface area contributed by atoms with E-state index in [0.717, 1.165) is 18.6 Å². The Balaban J connectivity index is 1.71. The lowest BCUT2D eigenvalue weighted by Gasteiger charge is -2.05. The quantitative estimate of drug-likeness (QED) is 0.795. The number of ether oxygens (including phenoxy) is 1. The van der Waals surface area contributed by atoms with Crippen LogP contribution in [0.5, 0.6) is 11.5 Å². The maximum Gasteiger partial charge on any atom is 0.119 e. The van der Waals surface area contributed by atoms with Crippen LogP contribution in [-0.4, -0.2) is 11.7 Å². The Hall–Kier alpha value is -1.96. The van der Waals surface area contributed by atoms with Crippen molar-refractivity contribution in [2.45, 2.75) is 12.8 Å². The Morgan fingerprint density at radius 1 is 0.882 bits per heavy atom. The average molecular weight is 228 g/mol. The third kappa shape index (κ3) is 3.83. The van der Waals surface area contributed by atoms with Gasteiger partial charge in [0.15, 0.2) is 0 Å². The van der Waals surface area contributed by atoms with Crippen molar-refractivity contribution >= 4 is 0 Å². The summed E-state index contributed by atoms with van der Waals surface area (Å²) in [4.78, 5) is 0. The molecule has 0 amide bonds. The van der Waals surface area contributed by atoms with Crippen LogP contribution in [-0.2, 0) is 6.42 Å². The second-order valence-corrected chi connectivity index (χ2v) is 3.93. The van der Waals surface area contributed by atoms with Gasteiger partial charge in [0.2, 0.25) is 0 Å². The fourth-order valence-corrected chi connectivity index (χ4v) is 1.65. The molecule has 0 aliphatic carbocycles. The lowest BCUT2D eigenvalue weighted by atomic mass is 10.1. The van der Waals surface area contributed by atoms with E-state index in [0.29, 0.717) is 12.4 Å². The topological polar surface area (TPSA) is 29.5 Å². The molecule has 1 N–H and O–H groups in total. The lowest BCUT2D eigenvalue weighted by molar-refractivity contribution is 0.311. The van der Waals surface area contributed by atoms with Gasteiger partial charge in [-0.25, -0.2) is 0 Å². The molecule has 17 heavy (non-hydrogen) atoms. The number of benzene rings is 2. The Kier molecular flexibility index (Phi) is 4.03. The SMILES string of the molecule is Oc1ccc(CCCOc2ccccc2)cc1. The minimum atomic E-state index is 0.314. The second-order valence-electron chi connectivity index (χ2n) is 3.93. The van der Waals surface area contributed by atoms with E-state index in [1.807, 2.05) is 42.5 Å². The van der Waals surface area contributed by atoms with Crippen molar-refractivity contribution in [3.63, 3.8) is 0 Å². The molecule has 0 spiro atoms. The third-order valence-corrected chi connectivity index (χ3v) is 2.56. The highest BCUT2D eigenvalue weighted by atomic mass is 16.5. The first kappa shape index (κ1) is 11.5. The molecule has 2 aromatic carbocycles. The zero-order chi connectivity index (χ0) is 11.9. The molecule has 0 bridgehead atoms. The van der Waals surface area contributed by atoms with Gasteiger partial charge in [-0.15, -0.1) is 0 Å². The van der Waals surface area contributed by atoms with Crippen LogP contribution in [0.4, 0.5) is 0 Å². The van der Waals surface area contributed by atoms with Crippen LogP contribution in [0.15, 0.2) is 54.6 Å². The predicted octanol–water partition coefficient (Wildman–Crippen LogP) is 3.40. The molecular formula is C15H16O2. The highest BCUT2D eigenvalue weighted by Crippen LogP contribution is 2.12. The normalized spacial score (nSPS) is 10.1. The van der Waals surface area contributed by atoms with Gasteiger partial charge in [0.25, 0.3) is 0 Å². The summed E-state index contributed by atoms with van der Waals surface area (Å²) < 4.78 is 5.60. The van der Waals surface area contributed by atoms with Crippen LogP contribution in [0.3, 0.4) is 0 Å². The van der Waals surface area contributed by atoms with E-state index < -0.39 is 0 Å². The molecule has 0 aromatic heterocycles. The molecule has 0 atom stereocenters. The number of aromatic hydroxyl groups is 1. The van der Waals surface area contributed by atoms with Crippen LogP contribution in [0.2, 0.25) is 0 Å². The summed E-state index contributed by atoms with van der Waals surface area (Å²) in [7, 11) is 0. The third-order valence-electron chi connectivity index (χ3n) is 2.56. The van der Waals surface area contributed by atoms with Crippen molar-refractivity contribution in [3.05, 3.63) is 60.2 Å². The molecule has 2 heteroatoms. The molecule has 0 saturated heterocycles. The van der Waals surface area contributed by atoms with Crippen molar-refractivity contribution in [3.8, 4) is 11.5 Å². The molecule has 0 fully saturated rings. The molecule has 0 radical (unpaired) electrons. The summed E-state index contributed by atoms with van der Waals surface area (Å²) in [5.41, 5.74) is 1.22. The Morgan fingerprint density at radius 2 is 1.59 bits per heavy atom. The van der Waals surface area contributed by atoms with Gasteiger partial charge in [-0.3, -0.25) is 0 Å². The summed E-state index contributed by atoms with van der Waals surface area (Å²) in [5.74, 6) is 1.23. The summed E-state index contributed by atoms with van der Waals surface area (Å²) in [6.07, 6.45) is 1.94. The van der Waals surface area contributed by atoms with Crippen LogP contribution in [0, 0.1) is 0 Å². The molecule has 0 unspecified atom stereocenters. The zero-order valence-electron chi connectivity index (χ0n) is 9.67. The van der Waals surface area contributed by atoms with Gasteiger partial charge in [0, 0.05) is 0 Å². The average Bonchev–Trinajstić information content (AvgIpc) is 2.38. The molecule has 0 aliphatic heterocycles. The molecule has 0 saturated carbocycles. The van der Waals surface area contributed by atoms with E-state index in [-0.39, 0.29) is 0 Å². The monoisotopic (exact) mass is 228 g/mol. The van der Waals surface area contributed by atoms with Gasteiger partial charge in [-0.2, -0.15) is 0 Å². The number of para-hydroxylation sites is 1. The van der Waals surface area contributed by atoms with E-state index in [4.69, 9.17) is 9.84 Å². The Morgan fingerprint density at radius 3 is 2.29 bits per heavy atom. The van der Waals surface area contributed by atoms with Crippen LogP contribution in [0.25, 0.3) is 0 Å². The zero-order valence-corrected chi connectivity index (χ0v) is 9.67. The van der Waals surface area contributed by atoms with Crippen molar-refractivity contribution in [2.24, 2.45) is 0 Å². The summed E-state index contributed by atoms with van der Waals surface area (Å²) in [6.45, 7) is 0.713. The predicted molar refractivity (Wildman–Crippen MR) is 68.4 cm³/mol. The lowest BCUT2D eigenvalue weighted by Crippen LogP contribution is -1.99. The first-order valence-electron chi connectivity index (χ1n) is 5.80. The Labute approximate surface area is 101 Å². The van der Waals surface area contributed by atoms with E-state index in [9.17, 15) is 0 Å². The number of hydrogen-bond acceptors (Lipinski definition) is 2. The van der Waals surface area contributed by atoms with Crippen molar-refractivity contribution in [2.75, 3.05) is 6.61 Å². The van der Waals surface area contributed by atoms with Crippen LogP contribution < -0.4 is 4.74 Å². The number of phenolic OH excluding ortho intramolecular Hbond substituents is 1. The highest BCUT2D eigenvalue weighted by molar-refractivity contribution is 5.26. The minimum absolute atomic E-state index is 0.314. The van der Waals surface area contributed by atoms with Crippen molar-refractivity contribution in [1.82, 2.24) is 0 Å². The molecule has 88 valence electrons. The molecule has 2 rings (SSSR count). The maximum atomic E-state index is 9.15. The number of rotatable bonds is 5. The van der Waals surface area contributed by atoms with Crippen molar-refractivity contribution in [1.29, 1.82) is 0 Å². The van der Waals surface area contributed by atoms with Gasteiger partial charge >= 0.3 is 0 Å². The largest absolute Gasteiger partial charge is 0.508 e. The Bertz CT molecular complexity index is 434. The molecular weight excluding hydrogens is 212 g/mol. The van der Waals surface area contributed by atoms with Gasteiger partial charge in [0.05, 0.1) is 6.61 Å². The van der Waals surface area contributed by atoms with E-state index in [2.05, 4.69) is 0 Å². The van der Waals surface area contributed by atoms with Gasteiger partial charge in [-0.1, -0.05) is 30.3 Å². The second kappa shape index (κ2) is 5.94. The minimum Gasteiger partial charge on any atom is -0.508 e. The van der Waals surface area contributed by atoms with Crippen molar-refractivity contribution < 1.29 is 9.84 Å². The highest BCUT2D eigenvalue weighted by Gasteiger charge is 1.95. The molecule has 2 nitrogen and oxygen atoms in total. The smallest absolute Gasteiger partial charge is 0.119 e. The van der Waals surface area contributed by atoms with Gasteiger partial charge in [-0.05, 0) is 42.7 Å². The summed E-state index contributed by atoms with van der Waals surface area (Å²) in [5, 5.41) is 9.15. The number of phenols is 1. The van der Waals surface area contributed by atoms with Gasteiger partial charge < -0.3 is 9.84 Å². The van der Waals surface area contributed by atoms with E-state index in [1.165, 1.54) is 5.56 Å². The van der Waals surface area contributed by atoms with Gasteiger partial charge in [0.1, 0.15) is 11.5 Å². The van der Waals surface area contributed by atoms with E-state index in [1.54, 1.807) is 12.1 Å². The first-order chi connectivity index (χ1) is 8.34. The maximum absolute atomic E-state index is 9.15. The number of aryl methyl sites for hydroxylation is 1. The first-order valence-corrected chi connectivity index (χ1v) is 5.80.